The summed E-state index contributed by atoms with van der Waals surface area (Å²) >= 11 is 5.73. The molecule has 0 spiro atoms. The van der Waals surface area contributed by atoms with E-state index in [0.717, 1.165) is 5.56 Å². The molecule has 7 nitrogen and oxygen atoms in total. The van der Waals surface area contributed by atoms with E-state index in [9.17, 15) is 4.79 Å². The molecular weight excluding hydrogens is 296 g/mol. The van der Waals surface area contributed by atoms with Gasteiger partial charge in [0.15, 0.2) is 0 Å². The molecule has 0 atom stereocenters. The average Bonchev–Trinajstić information content (AvgIpc) is 3.00. The highest BCUT2D eigenvalue weighted by atomic mass is 35.5. The molecule has 0 amide bonds. The Hall–Kier alpha value is -2.41. The van der Waals surface area contributed by atoms with E-state index in [2.05, 4.69) is 15.4 Å². The highest BCUT2D eigenvalue weighted by Crippen LogP contribution is 2.25. The quantitative estimate of drug-likeness (QED) is 0.737. The van der Waals surface area contributed by atoms with E-state index in [4.69, 9.17) is 20.6 Å². The maximum atomic E-state index is 11.9. The van der Waals surface area contributed by atoms with Gasteiger partial charge in [-0.3, -0.25) is 4.79 Å². The first-order valence-corrected chi connectivity index (χ1v) is 6.54. The maximum Gasteiger partial charge on any atom is 0.268 e. The Kier molecular flexibility index (Phi) is 3.34. The second kappa shape index (κ2) is 5.17. The van der Waals surface area contributed by atoms with Crippen molar-refractivity contribution in [3.63, 3.8) is 0 Å². The monoisotopic (exact) mass is 306 g/mol. The molecule has 0 fully saturated rings. The van der Waals surface area contributed by atoms with E-state index in [1.165, 1.54) is 16.9 Å². The minimum atomic E-state index is -0.301. The van der Waals surface area contributed by atoms with Crippen LogP contribution in [-0.4, -0.2) is 20.1 Å². The van der Waals surface area contributed by atoms with Crippen LogP contribution in [0.15, 0.2) is 32.2 Å². The van der Waals surface area contributed by atoms with Gasteiger partial charge in [-0.25, -0.2) is 4.68 Å². The van der Waals surface area contributed by atoms with Gasteiger partial charge in [0.2, 0.25) is 0 Å². The number of aromatic nitrogens is 4. The predicted molar refractivity (Wildman–Crippen MR) is 74.1 cm³/mol. The number of nitrogens with zero attached hydrogens (tertiary/aromatic N) is 4. The minimum absolute atomic E-state index is 0.215. The minimum Gasteiger partial charge on any atom is -0.361 e. The molecule has 0 bridgehead atoms. The van der Waals surface area contributed by atoms with Crippen LogP contribution in [0.4, 0.5) is 0 Å². The maximum absolute atomic E-state index is 11.9. The first kappa shape index (κ1) is 13.6. The molecule has 0 saturated carbocycles. The van der Waals surface area contributed by atoms with Gasteiger partial charge in [-0.2, -0.15) is 5.10 Å². The fourth-order valence-electron chi connectivity index (χ4n) is 1.94. The van der Waals surface area contributed by atoms with Crippen LogP contribution in [0.2, 0.25) is 5.02 Å². The average molecular weight is 307 g/mol. The SMILES string of the molecule is Cc1cc(-c2noc(C)c2Cn2ncc(Cl)cc2=O)no1. The van der Waals surface area contributed by atoms with Crippen molar-refractivity contribution in [2.45, 2.75) is 20.4 Å². The molecule has 21 heavy (non-hydrogen) atoms. The van der Waals surface area contributed by atoms with E-state index < -0.39 is 0 Å². The summed E-state index contributed by atoms with van der Waals surface area (Å²) < 4.78 is 11.5. The Morgan fingerprint density at radius 1 is 1.24 bits per heavy atom. The van der Waals surface area contributed by atoms with Crippen molar-refractivity contribution in [1.82, 2.24) is 20.1 Å². The normalized spacial score (nSPS) is 11.0. The Morgan fingerprint density at radius 3 is 2.71 bits per heavy atom. The molecule has 0 aliphatic carbocycles. The van der Waals surface area contributed by atoms with Gasteiger partial charge in [-0.15, -0.1) is 0 Å². The lowest BCUT2D eigenvalue weighted by Gasteiger charge is -2.03. The summed E-state index contributed by atoms with van der Waals surface area (Å²) in [5.41, 5.74) is 1.51. The highest BCUT2D eigenvalue weighted by Gasteiger charge is 2.18. The summed E-state index contributed by atoms with van der Waals surface area (Å²) in [4.78, 5) is 11.9. The standard InChI is InChI=1S/C13H11ClN4O3/c1-7-3-11(16-20-7)13-10(8(2)21-17-13)6-18-12(19)4-9(14)5-15-18/h3-5H,6H2,1-2H3. The Bertz CT molecular complexity index is 849. The highest BCUT2D eigenvalue weighted by molar-refractivity contribution is 6.30. The summed E-state index contributed by atoms with van der Waals surface area (Å²) in [5.74, 6) is 1.26. The Labute approximate surface area is 124 Å². The number of hydrogen-bond acceptors (Lipinski definition) is 6. The predicted octanol–water partition coefficient (Wildman–Crippen LogP) is 2.20. The van der Waals surface area contributed by atoms with Crippen molar-refractivity contribution in [2.75, 3.05) is 0 Å². The summed E-state index contributed by atoms with van der Waals surface area (Å²) in [7, 11) is 0. The number of rotatable bonds is 3. The summed E-state index contributed by atoms with van der Waals surface area (Å²) in [6.07, 6.45) is 1.41. The Morgan fingerprint density at radius 2 is 2.05 bits per heavy atom. The van der Waals surface area contributed by atoms with Crippen molar-refractivity contribution in [1.29, 1.82) is 0 Å². The largest absolute Gasteiger partial charge is 0.361 e. The van der Waals surface area contributed by atoms with Crippen LogP contribution in [0.1, 0.15) is 17.1 Å². The number of halogens is 1. The first-order valence-electron chi connectivity index (χ1n) is 6.16. The van der Waals surface area contributed by atoms with E-state index >= 15 is 0 Å². The lowest BCUT2D eigenvalue weighted by atomic mass is 10.1. The molecule has 0 saturated heterocycles. The van der Waals surface area contributed by atoms with Gasteiger partial charge in [-0.05, 0) is 13.8 Å². The third kappa shape index (κ3) is 2.59. The molecule has 3 aromatic rings. The van der Waals surface area contributed by atoms with Crippen LogP contribution in [0, 0.1) is 13.8 Å². The molecule has 3 rings (SSSR count). The third-order valence-corrected chi connectivity index (χ3v) is 3.21. The van der Waals surface area contributed by atoms with Crippen LogP contribution in [-0.2, 0) is 6.54 Å². The first-order chi connectivity index (χ1) is 10.0. The smallest absolute Gasteiger partial charge is 0.268 e. The van der Waals surface area contributed by atoms with E-state index in [-0.39, 0.29) is 12.1 Å². The lowest BCUT2D eigenvalue weighted by molar-refractivity contribution is 0.390. The van der Waals surface area contributed by atoms with Crippen LogP contribution >= 0.6 is 11.6 Å². The zero-order chi connectivity index (χ0) is 15.0. The molecule has 3 heterocycles. The summed E-state index contributed by atoms with van der Waals surface area (Å²) in [5, 5.41) is 12.2. The van der Waals surface area contributed by atoms with Gasteiger partial charge in [-0.1, -0.05) is 21.9 Å². The molecule has 0 N–H and O–H groups in total. The van der Waals surface area contributed by atoms with Gasteiger partial charge >= 0.3 is 0 Å². The second-order valence-corrected chi connectivity index (χ2v) is 4.99. The van der Waals surface area contributed by atoms with Crippen LogP contribution < -0.4 is 5.56 Å². The van der Waals surface area contributed by atoms with Crippen molar-refractivity contribution in [3.05, 3.63) is 50.8 Å². The molecule has 108 valence electrons. The lowest BCUT2D eigenvalue weighted by Crippen LogP contribution is -2.22. The van der Waals surface area contributed by atoms with Gasteiger partial charge < -0.3 is 9.05 Å². The van der Waals surface area contributed by atoms with Gasteiger partial charge in [0.1, 0.15) is 22.9 Å². The van der Waals surface area contributed by atoms with Crippen molar-refractivity contribution in [3.8, 4) is 11.4 Å². The third-order valence-electron chi connectivity index (χ3n) is 3.00. The summed E-state index contributed by atoms with van der Waals surface area (Å²) in [6.45, 7) is 3.76. The second-order valence-electron chi connectivity index (χ2n) is 4.56. The molecule has 3 aromatic heterocycles. The van der Waals surface area contributed by atoms with Crippen LogP contribution in [0.3, 0.4) is 0 Å². The molecule has 0 unspecified atom stereocenters. The van der Waals surface area contributed by atoms with Gasteiger partial charge in [0.25, 0.3) is 5.56 Å². The van der Waals surface area contributed by atoms with Crippen molar-refractivity contribution < 1.29 is 9.05 Å². The molecule has 8 heteroatoms. The van der Waals surface area contributed by atoms with E-state index in [0.29, 0.717) is 27.9 Å². The van der Waals surface area contributed by atoms with Gasteiger partial charge in [0.05, 0.1) is 17.8 Å². The van der Waals surface area contributed by atoms with E-state index in [1.54, 1.807) is 19.9 Å². The molecule has 0 aromatic carbocycles. The zero-order valence-corrected chi connectivity index (χ0v) is 12.1. The molecule has 0 aliphatic rings. The van der Waals surface area contributed by atoms with Crippen molar-refractivity contribution in [2.24, 2.45) is 0 Å². The van der Waals surface area contributed by atoms with Crippen LogP contribution in [0.5, 0.6) is 0 Å². The fraction of sp³-hybridized carbons (Fsp3) is 0.231. The fourth-order valence-corrected chi connectivity index (χ4v) is 2.07. The Balaban J connectivity index is 2.03. The summed E-state index contributed by atoms with van der Waals surface area (Å²) in [6, 6.07) is 3.05. The van der Waals surface area contributed by atoms with E-state index in [1.807, 2.05) is 0 Å². The molecule has 0 aliphatic heterocycles. The zero-order valence-electron chi connectivity index (χ0n) is 11.3. The van der Waals surface area contributed by atoms with Gasteiger partial charge in [0, 0.05) is 17.7 Å². The van der Waals surface area contributed by atoms with Crippen LogP contribution in [0.25, 0.3) is 11.4 Å². The molecule has 0 radical (unpaired) electrons. The number of hydrogen-bond donors (Lipinski definition) is 0. The molecular formula is C13H11ClN4O3. The van der Waals surface area contributed by atoms with Crippen molar-refractivity contribution >= 4 is 11.6 Å². The number of aryl methyl sites for hydroxylation is 2. The topological polar surface area (TPSA) is 87.0 Å².